The summed E-state index contributed by atoms with van der Waals surface area (Å²) in [4.78, 5) is 0. The largest absolute Gasteiger partial charge is 0.316 e. The van der Waals surface area contributed by atoms with Crippen molar-refractivity contribution in [1.82, 2.24) is 5.32 Å². The molecule has 90 valence electrons. The van der Waals surface area contributed by atoms with Crippen LogP contribution in [0.2, 0.25) is 0 Å². The van der Waals surface area contributed by atoms with Gasteiger partial charge in [0.25, 0.3) is 0 Å². The molecule has 1 unspecified atom stereocenters. The van der Waals surface area contributed by atoms with Gasteiger partial charge in [-0.05, 0) is 47.4 Å². The summed E-state index contributed by atoms with van der Waals surface area (Å²) in [6, 6.07) is 2.74. The Morgan fingerprint density at radius 2 is 1.94 bits per heavy atom. The first-order chi connectivity index (χ1) is 7.47. The number of nitrogens with one attached hydrogen (secondary N) is 1. The van der Waals surface area contributed by atoms with Gasteiger partial charge in [-0.2, -0.15) is 0 Å². The summed E-state index contributed by atoms with van der Waals surface area (Å²) in [5, 5.41) is 3.08. The average molecular weight is 292 g/mol. The number of hydrogen-bond acceptors (Lipinski definition) is 1. The number of halogens is 3. The molecule has 0 heterocycles. The minimum Gasteiger partial charge on any atom is -0.316 e. The predicted molar refractivity (Wildman–Crippen MR) is 65.4 cm³/mol. The van der Waals surface area contributed by atoms with E-state index in [1.165, 1.54) is 12.1 Å². The smallest absolute Gasteiger partial charge is 0.143 e. The summed E-state index contributed by atoms with van der Waals surface area (Å²) in [7, 11) is 1.80. The molecule has 0 spiro atoms. The summed E-state index contributed by atoms with van der Waals surface area (Å²) in [6.45, 7) is 4.05. The first kappa shape index (κ1) is 13.6. The molecule has 0 amide bonds. The quantitative estimate of drug-likeness (QED) is 0.837. The molecule has 0 aliphatic carbocycles. The fourth-order valence-electron chi connectivity index (χ4n) is 1.65. The molecule has 1 aromatic carbocycles. The first-order valence-electron chi connectivity index (χ1n) is 5.27. The fraction of sp³-hybridized carbons (Fsp3) is 0.500. The third kappa shape index (κ3) is 3.01. The molecule has 1 atom stereocenters. The van der Waals surface area contributed by atoms with Gasteiger partial charge in [0.15, 0.2) is 0 Å². The molecule has 16 heavy (non-hydrogen) atoms. The Balaban J connectivity index is 3.00. The number of hydrogen-bond donors (Lipinski definition) is 1. The molecule has 1 N–H and O–H groups in total. The van der Waals surface area contributed by atoms with Crippen LogP contribution in [0.3, 0.4) is 0 Å². The van der Waals surface area contributed by atoms with Crippen LogP contribution in [0.15, 0.2) is 16.6 Å². The van der Waals surface area contributed by atoms with Crippen LogP contribution in [0.5, 0.6) is 0 Å². The second kappa shape index (κ2) is 5.73. The van der Waals surface area contributed by atoms with Crippen molar-refractivity contribution in [2.75, 3.05) is 7.05 Å². The topological polar surface area (TPSA) is 12.0 Å². The van der Waals surface area contributed by atoms with E-state index in [4.69, 9.17) is 0 Å². The van der Waals surface area contributed by atoms with E-state index in [1.54, 1.807) is 7.05 Å². The van der Waals surface area contributed by atoms with E-state index in [1.807, 2.05) is 13.8 Å². The molecule has 0 bridgehead atoms. The van der Waals surface area contributed by atoms with Gasteiger partial charge in [-0.25, -0.2) is 8.78 Å². The number of rotatable bonds is 4. The van der Waals surface area contributed by atoms with Gasteiger partial charge in [-0.15, -0.1) is 0 Å². The van der Waals surface area contributed by atoms with Gasteiger partial charge < -0.3 is 5.32 Å². The number of likely N-dealkylation sites (N-methyl/N-ethyl adjacent to an activating group) is 1. The van der Waals surface area contributed by atoms with Gasteiger partial charge in [0.05, 0.1) is 4.47 Å². The van der Waals surface area contributed by atoms with Gasteiger partial charge in [-0.1, -0.05) is 13.8 Å². The van der Waals surface area contributed by atoms with E-state index < -0.39 is 11.6 Å². The molecule has 0 radical (unpaired) electrons. The van der Waals surface area contributed by atoms with Crippen LogP contribution >= 0.6 is 15.9 Å². The highest BCUT2D eigenvalue weighted by Gasteiger charge is 2.18. The zero-order chi connectivity index (χ0) is 12.3. The normalized spacial score (nSPS) is 13.2. The summed E-state index contributed by atoms with van der Waals surface area (Å²) in [5.41, 5.74) is 0.141. The molecule has 0 aliphatic heterocycles. The zero-order valence-corrected chi connectivity index (χ0v) is 11.2. The Labute approximate surface area is 103 Å². The van der Waals surface area contributed by atoms with Crippen molar-refractivity contribution < 1.29 is 8.78 Å². The third-order valence-electron chi connectivity index (χ3n) is 2.74. The molecule has 0 saturated carbocycles. The van der Waals surface area contributed by atoms with Crippen molar-refractivity contribution in [1.29, 1.82) is 0 Å². The highest BCUT2D eigenvalue weighted by atomic mass is 79.9. The van der Waals surface area contributed by atoms with Crippen molar-refractivity contribution in [2.45, 2.75) is 26.3 Å². The Morgan fingerprint density at radius 3 is 2.44 bits per heavy atom. The lowest BCUT2D eigenvalue weighted by atomic mass is 9.96. The van der Waals surface area contributed by atoms with E-state index >= 15 is 0 Å². The summed E-state index contributed by atoms with van der Waals surface area (Å²) in [5.74, 6) is -0.662. The average Bonchev–Trinajstić information content (AvgIpc) is 2.23. The molecule has 1 rings (SSSR count). The number of benzene rings is 1. The second-order valence-corrected chi connectivity index (χ2v) is 5.02. The molecular weight excluding hydrogens is 276 g/mol. The first-order valence-corrected chi connectivity index (χ1v) is 6.06. The summed E-state index contributed by atoms with van der Waals surface area (Å²) >= 11 is 3.07. The molecule has 0 aliphatic rings. The maximum absolute atomic E-state index is 13.7. The van der Waals surface area contributed by atoms with Crippen LogP contribution in [0.4, 0.5) is 8.78 Å². The minimum atomic E-state index is -0.499. The zero-order valence-electron chi connectivity index (χ0n) is 9.65. The summed E-state index contributed by atoms with van der Waals surface area (Å²) in [6.07, 6.45) is 0.352. The molecule has 1 aromatic rings. The van der Waals surface area contributed by atoms with E-state index in [2.05, 4.69) is 21.2 Å². The third-order valence-corrected chi connectivity index (χ3v) is 3.35. The van der Waals surface area contributed by atoms with E-state index in [0.717, 1.165) is 0 Å². The Hall–Kier alpha value is -0.480. The van der Waals surface area contributed by atoms with Crippen LogP contribution in [0.25, 0.3) is 0 Å². The Bertz CT molecular complexity index is 366. The van der Waals surface area contributed by atoms with Gasteiger partial charge >= 0.3 is 0 Å². The lowest BCUT2D eigenvalue weighted by Crippen LogP contribution is -2.33. The summed E-state index contributed by atoms with van der Waals surface area (Å²) < 4.78 is 27.5. The molecule has 0 fully saturated rings. The Morgan fingerprint density at radius 1 is 1.31 bits per heavy atom. The monoisotopic (exact) mass is 291 g/mol. The highest BCUT2D eigenvalue weighted by Crippen LogP contribution is 2.23. The van der Waals surface area contributed by atoms with Crippen molar-refractivity contribution >= 4 is 15.9 Å². The maximum Gasteiger partial charge on any atom is 0.143 e. The lowest BCUT2D eigenvalue weighted by molar-refractivity contribution is 0.409. The molecule has 4 heteroatoms. The van der Waals surface area contributed by atoms with Crippen LogP contribution in [-0.2, 0) is 6.42 Å². The van der Waals surface area contributed by atoms with Gasteiger partial charge in [0.1, 0.15) is 11.6 Å². The SMILES string of the molecule is CNC(Cc1c(F)ccc(Br)c1F)C(C)C. The van der Waals surface area contributed by atoms with E-state index in [0.29, 0.717) is 16.8 Å². The van der Waals surface area contributed by atoms with Gasteiger partial charge in [0.2, 0.25) is 0 Å². The van der Waals surface area contributed by atoms with Crippen LogP contribution in [0.1, 0.15) is 19.4 Å². The van der Waals surface area contributed by atoms with Gasteiger partial charge in [0, 0.05) is 11.6 Å². The lowest BCUT2D eigenvalue weighted by Gasteiger charge is -2.20. The molecule has 0 saturated heterocycles. The molecule has 1 nitrogen and oxygen atoms in total. The van der Waals surface area contributed by atoms with E-state index in [9.17, 15) is 8.78 Å². The van der Waals surface area contributed by atoms with Crippen LogP contribution in [0, 0.1) is 17.6 Å². The Kier molecular flexibility index (Phi) is 4.87. The maximum atomic E-state index is 13.7. The van der Waals surface area contributed by atoms with Crippen molar-refractivity contribution in [3.05, 3.63) is 33.8 Å². The standard InChI is InChI=1S/C12H16BrF2N/c1-7(2)11(16-3)6-8-10(14)5-4-9(13)12(8)15/h4-5,7,11,16H,6H2,1-3H3. The molecular formula is C12H16BrF2N. The van der Waals surface area contributed by atoms with Crippen molar-refractivity contribution in [2.24, 2.45) is 5.92 Å². The highest BCUT2D eigenvalue weighted by molar-refractivity contribution is 9.10. The van der Waals surface area contributed by atoms with Crippen LogP contribution in [-0.4, -0.2) is 13.1 Å². The minimum absolute atomic E-state index is 0.0679. The van der Waals surface area contributed by atoms with Crippen molar-refractivity contribution in [3.8, 4) is 0 Å². The predicted octanol–water partition coefficient (Wildman–Crippen LogP) is 3.51. The van der Waals surface area contributed by atoms with Crippen molar-refractivity contribution in [3.63, 3.8) is 0 Å². The second-order valence-electron chi connectivity index (χ2n) is 4.17. The molecule has 0 aromatic heterocycles. The fourth-order valence-corrected chi connectivity index (χ4v) is 2.02. The van der Waals surface area contributed by atoms with Crippen LogP contribution < -0.4 is 5.32 Å². The van der Waals surface area contributed by atoms with Gasteiger partial charge in [-0.3, -0.25) is 0 Å². The van der Waals surface area contributed by atoms with E-state index in [-0.39, 0.29) is 11.6 Å².